The lowest BCUT2D eigenvalue weighted by Crippen LogP contribution is -2.47. The van der Waals surface area contributed by atoms with Crippen LogP contribution in [0.25, 0.3) is 22.3 Å². The van der Waals surface area contributed by atoms with Crippen LogP contribution in [0, 0.1) is 0 Å². The normalized spacial score (nSPS) is 11.7. The Labute approximate surface area is 175 Å². The molecule has 0 radical (unpaired) electrons. The average molecular weight is 428 g/mol. The summed E-state index contributed by atoms with van der Waals surface area (Å²) in [5, 5.41) is 0. The van der Waals surface area contributed by atoms with Gasteiger partial charge >= 0.3 is 11.4 Å². The maximum atomic E-state index is 13.2. The van der Waals surface area contributed by atoms with Gasteiger partial charge in [-0.1, -0.05) is 13.8 Å². The molecule has 4 aromatic heterocycles. The van der Waals surface area contributed by atoms with Gasteiger partial charge in [-0.05, 0) is 12.8 Å². The molecule has 0 bridgehead atoms. The molecule has 0 aliphatic rings. The first-order valence-electron chi connectivity index (χ1n) is 10.1. The third-order valence-corrected chi connectivity index (χ3v) is 5.42. The fourth-order valence-corrected chi connectivity index (χ4v) is 3.86. The van der Waals surface area contributed by atoms with Crippen molar-refractivity contribution in [3.8, 4) is 0 Å². The molecular formula is C19H24N8O4. The molecule has 4 heterocycles. The number of hydrogen-bond acceptors (Lipinski definition) is 6. The third kappa shape index (κ3) is 2.97. The second-order valence-corrected chi connectivity index (χ2v) is 7.51. The summed E-state index contributed by atoms with van der Waals surface area (Å²) in [6.45, 7) is 4.52. The number of fused-ring (bicyclic) bond motifs is 2. The Kier molecular flexibility index (Phi) is 4.99. The summed E-state index contributed by atoms with van der Waals surface area (Å²) in [4.78, 5) is 60.6. The quantitative estimate of drug-likeness (QED) is 0.405. The summed E-state index contributed by atoms with van der Waals surface area (Å²) >= 11 is 0. The Balaban J connectivity index is 2.00. The Bertz CT molecular complexity index is 1430. The summed E-state index contributed by atoms with van der Waals surface area (Å²) in [6.07, 6.45) is 4.57. The van der Waals surface area contributed by atoms with Gasteiger partial charge < -0.3 is 9.13 Å². The van der Waals surface area contributed by atoms with Crippen molar-refractivity contribution in [2.45, 2.75) is 46.4 Å². The van der Waals surface area contributed by atoms with Crippen molar-refractivity contribution >= 4 is 22.3 Å². The van der Waals surface area contributed by atoms with Crippen LogP contribution < -0.4 is 22.5 Å². The van der Waals surface area contributed by atoms with Gasteiger partial charge in [-0.25, -0.2) is 28.7 Å². The molecule has 0 saturated carbocycles. The van der Waals surface area contributed by atoms with E-state index in [-0.39, 0.29) is 22.3 Å². The molecule has 0 fully saturated rings. The number of aryl methyl sites for hydroxylation is 4. The van der Waals surface area contributed by atoms with Crippen LogP contribution >= 0.6 is 0 Å². The van der Waals surface area contributed by atoms with Gasteiger partial charge in [0.1, 0.15) is 6.67 Å². The van der Waals surface area contributed by atoms with Crippen LogP contribution in [0.2, 0.25) is 0 Å². The topological polar surface area (TPSA) is 124 Å². The van der Waals surface area contributed by atoms with E-state index in [1.54, 1.807) is 9.13 Å². The maximum absolute atomic E-state index is 13.2. The molecule has 0 aliphatic heterocycles. The van der Waals surface area contributed by atoms with Gasteiger partial charge in [-0.2, -0.15) is 0 Å². The summed E-state index contributed by atoms with van der Waals surface area (Å²) < 4.78 is 7.63. The molecule has 4 rings (SSSR count). The van der Waals surface area contributed by atoms with Gasteiger partial charge in [0.25, 0.3) is 11.1 Å². The van der Waals surface area contributed by atoms with E-state index in [4.69, 9.17) is 0 Å². The predicted octanol–water partition coefficient (Wildman–Crippen LogP) is -0.567. The highest BCUT2D eigenvalue weighted by molar-refractivity contribution is 5.70. The molecule has 0 unspecified atom stereocenters. The summed E-state index contributed by atoms with van der Waals surface area (Å²) in [5.41, 5.74) is -1.48. The van der Waals surface area contributed by atoms with Gasteiger partial charge in [-0.3, -0.25) is 18.7 Å². The second kappa shape index (κ2) is 7.52. The minimum atomic E-state index is -0.657. The van der Waals surface area contributed by atoms with Gasteiger partial charge in [0.2, 0.25) is 0 Å². The van der Waals surface area contributed by atoms with Crippen LogP contribution in [0.5, 0.6) is 0 Å². The van der Waals surface area contributed by atoms with E-state index in [1.807, 2.05) is 13.8 Å². The van der Waals surface area contributed by atoms with Gasteiger partial charge in [-0.15, -0.1) is 0 Å². The van der Waals surface area contributed by atoms with Crippen molar-refractivity contribution in [1.82, 2.24) is 37.4 Å². The monoisotopic (exact) mass is 428 g/mol. The molecular weight excluding hydrogens is 404 g/mol. The van der Waals surface area contributed by atoms with Crippen LogP contribution in [-0.2, 0) is 33.9 Å². The van der Waals surface area contributed by atoms with Crippen molar-refractivity contribution in [3.05, 3.63) is 54.3 Å². The SMILES string of the molecule is CCCn1cnc2c1c(=O)n(Cn1c(=O)c3c(ncn3CCC)n(C)c1=O)c(=O)n2C. The van der Waals surface area contributed by atoms with E-state index in [0.717, 1.165) is 22.0 Å². The molecule has 4 aromatic rings. The standard InChI is InChI=1S/C19H24N8O4/c1-5-7-24-9-20-14-12(24)16(28)26(18(30)22(14)3)11-27-17(29)13-15(23(4)19(27)31)21-10-25(13)8-6-2/h9-10H,5-8,11H2,1-4H3. The molecule has 164 valence electrons. The zero-order valence-corrected chi connectivity index (χ0v) is 17.9. The third-order valence-electron chi connectivity index (χ3n) is 5.42. The van der Waals surface area contributed by atoms with E-state index in [9.17, 15) is 19.2 Å². The fourth-order valence-electron chi connectivity index (χ4n) is 3.86. The molecule has 12 nitrogen and oxygen atoms in total. The highest BCUT2D eigenvalue weighted by Crippen LogP contribution is 2.08. The van der Waals surface area contributed by atoms with E-state index in [1.165, 1.54) is 35.9 Å². The largest absolute Gasteiger partial charge is 0.334 e. The molecule has 0 aliphatic carbocycles. The highest BCUT2D eigenvalue weighted by Gasteiger charge is 2.20. The summed E-state index contributed by atoms with van der Waals surface area (Å²) in [7, 11) is 3.01. The van der Waals surface area contributed by atoms with Crippen molar-refractivity contribution in [2.75, 3.05) is 0 Å². The number of aromatic nitrogens is 8. The molecule has 0 amide bonds. The zero-order valence-electron chi connectivity index (χ0n) is 17.9. The number of nitrogens with zero attached hydrogens (tertiary/aromatic N) is 8. The maximum Gasteiger partial charge on any atom is 0.334 e. The van der Waals surface area contributed by atoms with Crippen LogP contribution in [0.1, 0.15) is 26.7 Å². The molecule has 0 spiro atoms. The first-order valence-corrected chi connectivity index (χ1v) is 10.1. The lowest BCUT2D eigenvalue weighted by Gasteiger charge is -2.12. The lowest BCUT2D eigenvalue weighted by molar-refractivity contribution is 0.501. The predicted molar refractivity (Wildman–Crippen MR) is 114 cm³/mol. The second-order valence-electron chi connectivity index (χ2n) is 7.51. The molecule has 0 atom stereocenters. The molecule has 12 heteroatoms. The van der Waals surface area contributed by atoms with E-state index in [2.05, 4.69) is 9.97 Å². The van der Waals surface area contributed by atoms with Crippen molar-refractivity contribution in [3.63, 3.8) is 0 Å². The lowest BCUT2D eigenvalue weighted by atomic mass is 10.4. The van der Waals surface area contributed by atoms with E-state index < -0.39 is 29.2 Å². The minimum absolute atomic E-state index is 0.255. The first kappa shape index (κ1) is 20.6. The van der Waals surface area contributed by atoms with Crippen LogP contribution in [-0.4, -0.2) is 37.4 Å². The van der Waals surface area contributed by atoms with Crippen LogP contribution in [0.4, 0.5) is 0 Å². The number of hydrogen-bond donors (Lipinski definition) is 0. The van der Waals surface area contributed by atoms with E-state index in [0.29, 0.717) is 13.1 Å². The average Bonchev–Trinajstić information content (AvgIpc) is 3.36. The summed E-state index contributed by atoms with van der Waals surface area (Å²) in [6, 6.07) is 0. The summed E-state index contributed by atoms with van der Waals surface area (Å²) in [5.74, 6) is 0. The minimum Gasteiger partial charge on any atom is -0.325 e. The Morgan fingerprint density at radius 3 is 1.45 bits per heavy atom. The smallest absolute Gasteiger partial charge is 0.325 e. The number of imidazole rings is 2. The molecule has 0 N–H and O–H groups in total. The van der Waals surface area contributed by atoms with Gasteiger partial charge in [0, 0.05) is 27.2 Å². The number of rotatable bonds is 6. The van der Waals surface area contributed by atoms with Crippen LogP contribution in [0.3, 0.4) is 0 Å². The Hall–Kier alpha value is -3.70. The molecule has 31 heavy (non-hydrogen) atoms. The van der Waals surface area contributed by atoms with Gasteiger partial charge in [0.15, 0.2) is 22.3 Å². The van der Waals surface area contributed by atoms with Gasteiger partial charge in [0.05, 0.1) is 12.7 Å². The highest BCUT2D eigenvalue weighted by atomic mass is 16.2. The van der Waals surface area contributed by atoms with Crippen molar-refractivity contribution < 1.29 is 0 Å². The Morgan fingerprint density at radius 1 is 0.710 bits per heavy atom. The molecule has 0 saturated heterocycles. The first-order chi connectivity index (χ1) is 14.8. The fraction of sp³-hybridized carbons (Fsp3) is 0.474. The Morgan fingerprint density at radius 2 is 1.10 bits per heavy atom. The van der Waals surface area contributed by atoms with Crippen molar-refractivity contribution in [2.24, 2.45) is 14.1 Å². The zero-order chi connectivity index (χ0) is 22.4. The van der Waals surface area contributed by atoms with Crippen molar-refractivity contribution in [1.29, 1.82) is 0 Å². The van der Waals surface area contributed by atoms with E-state index >= 15 is 0 Å². The molecule has 0 aromatic carbocycles. The van der Waals surface area contributed by atoms with Crippen LogP contribution in [0.15, 0.2) is 31.8 Å².